The summed E-state index contributed by atoms with van der Waals surface area (Å²) in [5.74, 6) is 1.42. The summed E-state index contributed by atoms with van der Waals surface area (Å²) >= 11 is 0. The maximum absolute atomic E-state index is 12.0. The van der Waals surface area contributed by atoms with E-state index in [-0.39, 0.29) is 5.91 Å². The van der Waals surface area contributed by atoms with Crippen molar-refractivity contribution >= 4 is 11.6 Å². The Hall–Kier alpha value is -1.51. The SMILES string of the molecule is CC1CCCC(CNC(=O)c2cccc(N)c2)C1. The monoisotopic (exact) mass is 246 g/mol. The Balaban J connectivity index is 1.84. The highest BCUT2D eigenvalue weighted by atomic mass is 16.1. The molecule has 0 saturated heterocycles. The average Bonchev–Trinajstić information content (AvgIpc) is 2.36. The Labute approximate surface area is 109 Å². The molecule has 2 unspecified atom stereocenters. The van der Waals surface area contributed by atoms with E-state index >= 15 is 0 Å². The Morgan fingerprint density at radius 2 is 2.28 bits per heavy atom. The molecule has 0 spiro atoms. The lowest BCUT2D eigenvalue weighted by Crippen LogP contribution is -2.31. The van der Waals surface area contributed by atoms with Gasteiger partial charge in [0.15, 0.2) is 0 Å². The van der Waals surface area contributed by atoms with Crippen LogP contribution < -0.4 is 11.1 Å². The highest BCUT2D eigenvalue weighted by molar-refractivity contribution is 5.94. The standard InChI is InChI=1S/C15H22N2O/c1-11-4-2-5-12(8-11)10-17-15(18)13-6-3-7-14(16)9-13/h3,6-7,9,11-12H,2,4-5,8,10,16H2,1H3,(H,17,18). The van der Waals surface area contributed by atoms with E-state index in [9.17, 15) is 4.79 Å². The second-order valence-electron chi connectivity index (χ2n) is 5.47. The predicted octanol–water partition coefficient (Wildman–Crippen LogP) is 2.82. The molecule has 3 heteroatoms. The lowest BCUT2D eigenvalue weighted by Gasteiger charge is -2.26. The van der Waals surface area contributed by atoms with Crippen molar-refractivity contribution in [3.8, 4) is 0 Å². The molecule has 0 heterocycles. The minimum atomic E-state index is -0.0134. The van der Waals surface area contributed by atoms with E-state index in [1.807, 2.05) is 6.07 Å². The molecular formula is C15H22N2O. The van der Waals surface area contributed by atoms with Crippen LogP contribution in [-0.2, 0) is 0 Å². The predicted molar refractivity (Wildman–Crippen MR) is 74.3 cm³/mol. The van der Waals surface area contributed by atoms with Gasteiger partial charge in [-0.2, -0.15) is 0 Å². The number of nitrogen functional groups attached to an aromatic ring is 1. The number of nitrogens with one attached hydrogen (secondary N) is 1. The van der Waals surface area contributed by atoms with Crippen molar-refractivity contribution in [2.75, 3.05) is 12.3 Å². The van der Waals surface area contributed by atoms with Crippen molar-refractivity contribution in [1.29, 1.82) is 0 Å². The van der Waals surface area contributed by atoms with Gasteiger partial charge in [0.05, 0.1) is 0 Å². The van der Waals surface area contributed by atoms with E-state index in [1.165, 1.54) is 25.7 Å². The zero-order valence-corrected chi connectivity index (χ0v) is 11.0. The number of carbonyl (C=O) groups excluding carboxylic acids is 1. The minimum Gasteiger partial charge on any atom is -0.399 e. The van der Waals surface area contributed by atoms with Gasteiger partial charge in [-0.15, -0.1) is 0 Å². The molecule has 0 radical (unpaired) electrons. The first-order valence-corrected chi connectivity index (χ1v) is 6.79. The maximum Gasteiger partial charge on any atom is 0.251 e. The average molecular weight is 246 g/mol. The van der Waals surface area contributed by atoms with Gasteiger partial charge < -0.3 is 11.1 Å². The molecule has 0 aromatic heterocycles. The van der Waals surface area contributed by atoms with E-state index < -0.39 is 0 Å². The van der Waals surface area contributed by atoms with E-state index in [2.05, 4.69) is 12.2 Å². The number of carbonyl (C=O) groups is 1. The third-order valence-electron chi connectivity index (χ3n) is 3.75. The molecule has 1 aromatic carbocycles. The van der Waals surface area contributed by atoms with Gasteiger partial charge in [-0.25, -0.2) is 0 Å². The van der Waals surface area contributed by atoms with E-state index in [1.54, 1.807) is 18.2 Å². The van der Waals surface area contributed by atoms with Crippen LogP contribution in [0.4, 0.5) is 5.69 Å². The molecule has 0 aliphatic heterocycles. The van der Waals surface area contributed by atoms with E-state index in [0.717, 1.165) is 12.5 Å². The summed E-state index contributed by atoms with van der Waals surface area (Å²) in [7, 11) is 0. The number of hydrogen-bond acceptors (Lipinski definition) is 2. The topological polar surface area (TPSA) is 55.1 Å². The Morgan fingerprint density at radius 1 is 1.44 bits per heavy atom. The van der Waals surface area contributed by atoms with Crippen molar-refractivity contribution < 1.29 is 4.79 Å². The van der Waals surface area contributed by atoms with Crippen LogP contribution in [0.25, 0.3) is 0 Å². The summed E-state index contributed by atoms with van der Waals surface area (Å²) in [4.78, 5) is 12.0. The maximum atomic E-state index is 12.0. The van der Waals surface area contributed by atoms with Crippen LogP contribution in [0.3, 0.4) is 0 Å². The van der Waals surface area contributed by atoms with Crippen LogP contribution in [0.5, 0.6) is 0 Å². The second-order valence-corrected chi connectivity index (χ2v) is 5.47. The molecular weight excluding hydrogens is 224 g/mol. The zero-order chi connectivity index (χ0) is 13.0. The number of benzene rings is 1. The summed E-state index contributed by atoms with van der Waals surface area (Å²) in [6, 6.07) is 7.13. The summed E-state index contributed by atoms with van der Waals surface area (Å²) in [6.07, 6.45) is 5.10. The highest BCUT2D eigenvalue weighted by Crippen LogP contribution is 2.27. The van der Waals surface area contributed by atoms with Crippen LogP contribution in [0, 0.1) is 11.8 Å². The minimum absolute atomic E-state index is 0.0134. The summed E-state index contributed by atoms with van der Waals surface area (Å²) in [5, 5.41) is 3.02. The molecule has 2 atom stereocenters. The van der Waals surface area contributed by atoms with Crippen molar-refractivity contribution in [1.82, 2.24) is 5.32 Å². The molecule has 1 aliphatic carbocycles. The number of rotatable bonds is 3. The molecule has 3 nitrogen and oxygen atoms in total. The first kappa shape index (κ1) is 12.9. The first-order valence-electron chi connectivity index (χ1n) is 6.79. The van der Waals surface area contributed by atoms with Gasteiger partial charge in [-0.05, 0) is 42.9 Å². The van der Waals surface area contributed by atoms with Crippen molar-refractivity contribution in [3.63, 3.8) is 0 Å². The smallest absolute Gasteiger partial charge is 0.251 e. The van der Waals surface area contributed by atoms with E-state index in [4.69, 9.17) is 5.73 Å². The largest absolute Gasteiger partial charge is 0.399 e. The third kappa shape index (κ3) is 3.49. The summed E-state index contributed by atoms with van der Waals surface area (Å²) < 4.78 is 0. The summed E-state index contributed by atoms with van der Waals surface area (Å²) in [6.45, 7) is 3.09. The van der Waals surface area contributed by atoms with E-state index in [0.29, 0.717) is 17.2 Å². The molecule has 2 rings (SSSR count). The van der Waals surface area contributed by atoms with Crippen molar-refractivity contribution in [3.05, 3.63) is 29.8 Å². The molecule has 3 N–H and O–H groups in total. The molecule has 0 bridgehead atoms. The Bertz CT molecular complexity index is 417. The van der Waals surface area contributed by atoms with Gasteiger partial charge in [0.1, 0.15) is 0 Å². The Kier molecular flexibility index (Phi) is 4.24. The van der Waals surface area contributed by atoms with Crippen LogP contribution in [0.15, 0.2) is 24.3 Å². The van der Waals surface area contributed by atoms with Crippen LogP contribution >= 0.6 is 0 Å². The molecule has 1 fully saturated rings. The van der Waals surface area contributed by atoms with Crippen LogP contribution in [-0.4, -0.2) is 12.5 Å². The lowest BCUT2D eigenvalue weighted by atomic mass is 9.82. The van der Waals surface area contributed by atoms with Crippen molar-refractivity contribution in [2.45, 2.75) is 32.6 Å². The van der Waals surface area contributed by atoms with Gasteiger partial charge >= 0.3 is 0 Å². The number of nitrogens with two attached hydrogens (primary N) is 1. The third-order valence-corrected chi connectivity index (χ3v) is 3.75. The summed E-state index contributed by atoms with van der Waals surface area (Å²) in [5.41, 5.74) is 6.96. The first-order chi connectivity index (χ1) is 8.65. The zero-order valence-electron chi connectivity index (χ0n) is 11.0. The molecule has 98 valence electrons. The quantitative estimate of drug-likeness (QED) is 0.806. The molecule has 1 amide bonds. The number of amides is 1. The van der Waals surface area contributed by atoms with Crippen molar-refractivity contribution in [2.24, 2.45) is 11.8 Å². The fourth-order valence-electron chi connectivity index (χ4n) is 2.76. The fraction of sp³-hybridized carbons (Fsp3) is 0.533. The molecule has 1 saturated carbocycles. The van der Waals surface area contributed by atoms with Gasteiger partial charge in [-0.3, -0.25) is 4.79 Å². The molecule has 18 heavy (non-hydrogen) atoms. The number of hydrogen-bond donors (Lipinski definition) is 2. The van der Waals surface area contributed by atoms with Gasteiger partial charge in [0.25, 0.3) is 5.91 Å². The Morgan fingerprint density at radius 3 is 3.00 bits per heavy atom. The lowest BCUT2D eigenvalue weighted by molar-refractivity contribution is 0.0940. The van der Waals surface area contributed by atoms with Crippen LogP contribution in [0.2, 0.25) is 0 Å². The normalized spacial score (nSPS) is 23.6. The number of anilines is 1. The molecule has 1 aromatic rings. The highest BCUT2D eigenvalue weighted by Gasteiger charge is 2.19. The van der Waals surface area contributed by atoms with Gasteiger partial charge in [0, 0.05) is 17.8 Å². The van der Waals surface area contributed by atoms with Gasteiger partial charge in [0.2, 0.25) is 0 Å². The fourth-order valence-corrected chi connectivity index (χ4v) is 2.76. The van der Waals surface area contributed by atoms with Gasteiger partial charge in [-0.1, -0.05) is 25.8 Å². The molecule has 1 aliphatic rings. The second kappa shape index (κ2) is 5.89. The van der Waals surface area contributed by atoms with Crippen LogP contribution in [0.1, 0.15) is 43.0 Å².